The molecule has 0 radical (unpaired) electrons. The van der Waals surface area contributed by atoms with Crippen molar-refractivity contribution in [3.05, 3.63) is 76.3 Å². The Bertz CT molecular complexity index is 917. The zero-order valence-electron chi connectivity index (χ0n) is 15.2. The summed E-state index contributed by atoms with van der Waals surface area (Å²) in [5, 5.41) is 11.5. The smallest absolute Gasteiger partial charge is 0.295 e. The molecular formula is C22H20ClNO4. The molecule has 2 heterocycles. The van der Waals surface area contributed by atoms with Crippen LogP contribution < -0.4 is 0 Å². The number of hydrogen-bond acceptors (Lipinski definition) is 4. The fraction of sp³-hybridized carbons (Fsp3) is 0.273. The number of benzene rings is 2. The van der Waals surface area contributed by atoms with Gasteiger partial charge in [-0.05, 0) is 30.5 Å². The van der Waals surface area contributed by atoms with Crippen LogP contribution in [0.2, 0.25) is 5.02 Å². The first-order valence-corrected chi connectivity index (χ1v) is 9.65. The van der Waals surface area contributed by atoms with E-state index in [0.29, 0.717) is 23.7 Å². The van der Waals surface area contributed by atoms with Crippen LogP contribution in [0.4, 0.5) is 0 Å². The molecule has 0 aliphatic carbocycles. The predicted molar refractivity (Wildman–Crippen MR) is 106 cm³/mol. The SMILES string of the molecule is O=C1C(=O)N(C[C@H]2CCCO2)[C@@H](c2ccc(Cl)cc2)/C1=C(\O)c1ccccc1. The lowest BCUT2D eigenvalue weighted by Crippen LogP contribution is -2.36. The van der Waals surface area contributed by atoms with Crippen LogP contribution >= 0.6 is 11.6 Å². The monoisotopic (exact) mass is 397 g/mol. The lowest BCUT2D eigenvalue weighted by Gasteiger charge is -2.27. The first kappa shape index (κ1) is 18.7. The normalized spacial score (nSPS) is 24.1. The fourth-order valence-electron chi connectivity index (χ4n) is 3.82. The van der Waals surface area contributed by atoms with Gasteiger partial charge in [0, 0.05) is 23.7 Å². The minimum atomic E-state index is -0.681. The van der Waals surface area contributed by atoms with E-state index in [2.05, 4.69) is 0 Å². The molecule has 0 bridgehead atoms. The van der Waals surface area contributed by atoms with Gasteiger partial charge in [-0.15, -0.1) is 0 Å². The Morgan fingerprint density at radius 3 is 2.46 bits per heavy atom. The summed E-state index contributed by atoms with van der Waals surface area (Å²) < 4.78 is 5.68. The molecule has 2 aromatic carbocycles. The van der Waals surface area contributed by atoms with Gasteiger partial charge >= 0.3 is 0 Å². The zero-order valence-corrected chi connectivity index (χ0v) is 15.9. The molecule has 2 atom stereocenters. The molecule has 5 nitrogen and oxygen atoms in total. The number of carbonyl (C=O) groups excluding carboxylic acids is 2. The van der Waals surface area contributed by atoms with Gasteiger partial charge in [0.15, 0.2) is 0 Å². The van der Waals surface area contributed by atoms with E-state index in [0.717, 1.165) is 18.4 Å². The molecule has 0 saturated carbocycles. The minimum Gasteiger partial charge on any atom is -0.507 e. The molecule has 1 N–H and O–H groups in total. The van der Waals surface area contributed by atoms with E-state index in [1.165, 1.54) is 4.90 Å². The topological polar surface area (TPSA) is 66.8 Å². The van der Waals surface area contributed by atoms with E-state index in [1.54, 1.807) is 48.5 Å². The Morgan fingerprint density at radius 1 is 1.11 bits per heavy atom. The Hall–Kier alpha value is -2.63. The van der Waals surface area contributed by atoms with E-state index in [9.17, 15) is 14.7 Å². The van der Waals surface area contributed by atoms with Crippen LogP contribution in [0.3, 0.4) is 0 Å². The van der Waals surface area contributed by atoms with Crippen LogP contribution in [0.1, 0.15) is 30.0 Å². The van der Waals surface area contributed by atoms with Gasteiger partial charge in [-0.25, -0.2) is 0 Å². The molecule has 0 spiro atoms. The predicted octanol–water partition coefficient (Wildman–Crippen LogP) is 3.94. The summed E-state index contributed by atoms with van der Waals surface area (Å²) in [5.74, 6) is -1.47. The summed E-state index contributed by atoms with van der Waals surface area (Å²) in [4.78, 5) is 27.2. The number of hydrogen-bond donors (Lipinski definition) is 1. The molecule has 0 aromatic heterocycles. The van der Waals surface area contributed by atoms with Crippen molar-refractivity contribution in [2.75, 3.05) is 13.2 Å². The lowest BCUT2D eigenvalue weighted by molar-refractivity contribution is -0.140. The lowest BCUT2D eigenvalue weighted by atomic mass is 9.95. The largest absolute Gasteiger partial charge is 0.507 e. The van der Waals surface area contributed by atoms with Crippen molar-refractivity contribution in [3.8, 4) is 0 Å². The van der Waals surface area contributed by atoms with Gasteiger partial charge in [0.25, 0.3) is 11.7 Å². The number of nitrogens with zero attached hydrogens (tertiary/aromatic N) is 1. The Morgan fingerprint density at radius 2 is 1.82 bits per heavy atom. The first-order valence-electron chi connectivity index (χ1n) is 9.27. The van der Waals surface area contributed by atoms with E-state index in [-0.39, 0.29) is 17.4 Å². The van der Waals surface area contributed by atoms with Crippen LogP contribution in [0, 0.1) is 0 Å². The van der Waals surface area contributed by atoms with Gasteiger partial charge < -0.3 is 14.7 Å². The Balaban J connectivity index is 1.81. The number of ketones is 1. The van der Waals surface area contributed by atoms with Gasteiger partial charge in [-0.1, -0.05) is 54.1 Å². The second-order valence-electron chi connectivity index (χ2n) is 7.00. The van der Waals surface area contributed by atoms with Crippen LogP contribution in [-0.4, -0.2) is 41.0 Å². The number of ether oxygens (including phenoxy) is 1. The molecule has 2 aliphatic heterocycles. The summed E-state index contributed by atoms with van der Waals surface area (Å²) >= 11 is 6.02. The zero-order chi connectivity index (χ0) is 19.7. The molecule has 1 amide bonds. The van der Waals surface area contributed by atoms with Crippen LogP contribution in [0.15, 0.2) is 60.2 Å². The molecule has 2 fully saturated rings. The summed E-state index contributed by atoms with van der Waals surface area (Å²) in [6.07, 6.45) is 1.67. The molecule has 2 saturated heterocycles. The van der Waals surface area contributed by atoms with Crippen molar-refractivity contribution in [2.24, 2.45) is 0 Å². The van der Waals surface area contributed by atoms with Crippen molar-refractivity contribution in [2.45, 2.75) is 25.0 Å². The molecule has 0 unspecified atom stereocenters. The first-order chi connectivity index (χ1) is 13.6. The maximum atomic E-state index is 12.9. The Labute approximate surface area is 168 Å². The van der Waals surface area contributed by atoms with E-state index in [4.69, 9.17) is 16.3 Å². The van der Waals surface area contributed by atoms with E-state index < -0.39 is 17.7 Å². The van der Waals surface area contributed by atoms with Crippen molar-refractivity contribution >= 4 is 29.1 Å². The third-order valence-corrected chi connectivity index (χ3v) is 5.45. The molecule has 28 heavy (non-hydrogen) atoms. The molecule has 2 aromatic rings. The quantitative estimate of drug-likeness (QED) is 0.482. The highest BCUT2D eigenvalue weighted by Gasteiger charge is 2.46. The summed E-state index contributed by atoms with van der Waals surface area (Å²) in [7, 11) is 0. The van der Waals surface area contributed by atoms with Gasteiger partial charge in [-0.3, -0.25) is 9.59 Å². The van der Waals surface area contributed by atoms with Crippen molar-refractivity contribution in [1.82, 2.24) is 4.90 Å². The average molecular weight is 398 g/mol. The third kappa shape index (κ3) is 3.43. The number of Topliss-reactive ketones (excluding diaryl/α,β-unsaturated/α-hetero) is 1. The van der Waals surface area contributed by atoms with Crippen molar-refractivity contribution in [1.29, 1.82) is 0 Å². The number of rotatable bonds is 4. The number of amides is 1. The highest BCUT2D eigenvalue weighted by Crippen LogP contribution is 2.40. The second-order valence-corrected chi connectivity index (χ2v) is 7.44. The van der Waals surface area contributed by atoms with Gasteiger partial charge in [-0.2, -0.15) is 0 Å². The summed E-state index contributed by atoms with van der Waals surface area (Å²) in [6, 6.07) is 15.1. The third-order valence-electron chi connectivity index (χ3n) is 5.20. The van der Waals surface area contributed by atoms with Crippen molar-refractivity contribution < 1.29 is 19.4 Å². The maximum Gasteiger partial charge on any atom is 0.295 e. The maximum absolute atomic E-state index is 12.9. The highest BCUT2D eigenvalue weighted by atomic mass is 35.5. The van der Waals surface area contributed by atoms with Crippen LogP contribution in [-0.2, 0) is 14.3 Å². The highest BCUT2D eigenvalue weighted by molar-refractivity contribution is 6.46. The van der Waals surface area contributed by atoms with Gasteiger partial charge in [0.05, 0.1) is 17.7 Å². The standard InChI is InChI=1S/C22H20ClNO4/c23-16-10-8-14(9-11-16)19-18(20(25)15-5-2-1-3-6-15)21(26)22(27)24(19)13-17-7-4-12-28-17/h1-3,5-6,8-11,17,19,25H,4,7,12-13H2/b20-18+/t17-,19+/m1/s1. The number of aliphatic hydroxyl groups is 1. The van der Waals surface area contributed by atoms with Gasteiger partial charge in [0.1, 0.15) is 5.76 Å². The van der Waals surface area contributed by atoms with Crippen LogP contribution in [0.25, 0.3) is 5.76 Å². The molecular weight excluding hydrogens is 378 g/mol. The fourth-order valence-corrected chi connectivity index (χ4v) is 3.95. The Kier molecular flexibility index (Phi) is 5.20. The number of likely N-dealkylation sites (tertiary alicyclic amines) is 1. The molecule has 2 aliphatic rings. The number of carbonyl (C=O) groups is 2. The van der Waals surface area contributed by atoms with Crippen molar-refractivity contribution in [3.63, 3.8) is 0 Å². The molecule has 4 rings (SSSR count). The number of aliphatic hydroxyl groups excluding tert-OH is 1. The number of halogens is 1. The minimum absolute atomic E-state index is 0.0940. The van der Waals surface area contributed by atoms with Crippen LogP contribution in [0.5, 0.6) is 0 Å². The average Bonchev–Trinajstić information content (AvgIpc) is 3.31. The molecule has 6 heteroatoms. The van der Waals surface area contributed by atoms with E-state index in [1.807, 2.05) is 6.07 Å². The summed E-state index contributed by atoms with van der Waals surface area (Å²) in [5.41, 5.74) is 1.31. The summed E-state index contributed by atoms with van der Waals surface area (Å²) in [6.45, 7) is 0.966. The van der Waals surface area contributed by atoms with E-state index >= 15 is 0 Å². The molecule has 144 valence electrons. The van der Waals surface area contributed by atoms with Gasteiger partial charge in [0.2, 0.25) is 0 Å². The second kappa shape index (κ2) is 7.78.